The highest BCUT2D eigenvalue weighted by molar-refractivity contribution is 9.10. The van der Waals surface area contributed by atoms with Crippen molar-refractivity contribution in [3.05, 3.63) is 28.2 Å². The number of methoxy groups -OCH3 is 1. The lowest BCUT2D eigenvalue weighted by Gasteiger charge is -2.07. The minimum absolute atomic E-state index is 0.0325. The normalized spacial score (nSPS) is 10.6. The number of rotatable bonds is 9. The number of nitrogens with zero attached hydrogens (tertiary/aromatic N) is 2. The van der Waals surface area contributed by atoms with Crippen molar-refractivity contribution in [2.24, 2.45) is 0 Å². The first-order valence-electron chi connectivity index (χ1n) is 7.30. The van der Waals surface area contributed by atoms with Crippen molar-refractivity contribution in [2.75, 3.05) is 19.4 Å². The lowest BCUT2D eigenvalue weighted by molar-refractivity contribution is -0.118. The number of nitrogens with one attached hydrogen (secondary N) is 1. The second-order valence-corrected chi connectivity index (χ2v) is 9.06. The highest BCUT2D eigenvalue weighted by atomic mass is 79.9. The Morgan fingerprint density at radius 3 is 2.79 bits per heavy atom. The minimum Gasteiger partial charge on any atom is -0.496 e. The first-order valence-corrected chi connectivity index (χ1v) is 10.9. The average Bonchev–Trinajstić information content (AvgIpc) is 3.04. The number of hydrogen-bond donors (Lipinski definition) is 1. The van der Waals surface area contributed by atoms with Gasteiger partial charge in [0, 0.05) is 22.3 Å². The molecule has 1 aromatic carbocycles. The van der Waals surface area contributed by atoms with Crippen molar-refractivity contribution >= 4 is 56.7 Å². The summed E-state index contributed by atoms with van der Waals surface area (Å²) in [5, 5.41) is 11.2. The van der Waals surface area contributed by atoms with E-state index in [0.717, 1.165) is 36.6 Å². The molecule has 0 radical (unpaired) electrons. The fourth-order valence-corrected chi connectivity index (χ4v) is 4.99. The molecule has 0 saturated heterocycles. The first-order chi connectivity index (χ1) is 11.6. The van der Waals surface area contributed by atoms with Crippen molar-refractivity contribution < 1.29 is 9.53 Å². The molecule has 1 heterocycles. The van der Waals surface area contributed by atoms with Gasteiger partial charge in [0.2, 0.25) is 5.91 Å². The minimum atomic E-state index is 0.0325. The van der Waals surface area contributed by atoms with E-state index in [9.17, 15) is 4.79 Å². The fraction of sp³-hybridized carbons (Fsp3) is 0.400. The third-order valence-electron chi connectivity index (χ3n) is 2.88. The maximum absolute atomic E-state index is 11.6. The molecule has 2 aromatic rings. The number of carbonyl (C=O) groups excluding carboxylic acids is 1. The van der Waals surface area contributed by atoms with Gasteiger partial charge >= 0.3 is 0 Å². The van der Waals surface area contributed by atoms with Crippen molar-refractivity contribution in [1.29, 1.82) is 0 Å². The fourth-order valence-electron chi connectivity index (χ4n) is 1.76. The summed E-state index contributed by atoms with van der Waals surface area (Å²) in [6.45, 7) is 2.74. The molecule has 130 valence electrons. The summed E-state index contributed by atoms with van der Waals surface area (Å²) in [6, 6.07) is 5.94. The monoisotopic (exact) mass is 447 g/mol. The molecule has 0 bridgehead atoms. The van der Waals surface area contributed by atoms with Crippen LogP contribution in [-0.2, 0) is 10.5 Å². The van der Waals surface area contributed by atoms with Gasteiger partial charge in [-0.1, -0.05) is 57.7 Å². The Hall–Kier alpha value is -0.770. The third kappa shape index (κ3) is 6.27. The van der Waals surface area contributed by atoms with Gasteiger partial charge in [0.05, 0.1) is 12.9 Å². The molecule has 0 saturated carbocycles. The molecule has 1 aromatic heterocycles. The number of carbonyl (C=O) groups is 1. The van der Waals surface area contributed by atoms with E-state index in [1.807, 2.05) is 25.1 Å². The second-order valence-electron chi connectivity index (χ2n) is 4.72. The summed E-state index contributed by atoms with van der Waals surface area (Å²) in [5.41, 5.74) is 1.10. The van der Waals surface area contributed by atoms with Gasteiger partial charge in [0.25, 0.3) is 0 Å². The van der Waals surface area contributed by atoms with Crippen LogP contribution in [0.1, 0.15) is 18.9 Å². The summed E-state index contributed by atoms with van der Waals surface area (Å²) >= 11 is 8.01. The molecule has 0 unspecified atom stereocenters. The van der Waals surface area contributed by atoms with Gasteiger partial charge in [0.1, 0.15) is 5.75 Å². The second kappa shape index (κ2) is 10.3. The Kier molecular flexibility index (Phi) is 8.37. The van der Waals surface area contributed by atoms with Crippen LogP contribution >= 0.6 is 50.8 Å². The molecule has 0 aliphatic carbocycles. The number of aromatic nitrogens is 2. The van der Waals surface area contributed by atoms with Crippen molar-refractivity contribution in [2.45, 2.75) is 27.8 Å². The highest BCUT2D eigenvalue weighted by Crippen LogP contribution is 2.33. The molecule has 9 heteroatoms. The van der Waals surface area contributed by atoms with Gasteiger partial charge in [-0.2, -0.15) is 0 Å². The maximum atomic E-state index is 11.6. The Morgan fingerprint density at radius 2 is 2.08 bits per heavy atom. The van der Waals surface area contributed by atoms with E-state index in [1.165, 1.54) is 23.1 Å². The van der Waals surface area contributed by atoms with Gasteiger partial charge in [-0.3, -0.25) is 4.79 Å². The zero-order valence-electron chi connectivity index (χ0n) is 13.4. The molecular weight excluding hydrogens is 430 g/mol. The van der Waals surface area contributed by atoms with E-state index >= 15 is 0 Å². The number of benzene rings is 1. The van der Waals surface area contributed by atoms with Crippen LogP contribution in [0.15, 0.2) is 31.4 Å². The standard InChI is InChI=1S/C15H18BrN3O2S3/c1-3-6-17-13(20)9-23-15-19-18-14(24-15)22-8-10-7-11(16)4-5-12(10)21-2/h4-5,7H,3,6,8-9H2,1-2H3,(H,17,20). The SMILES string of the molecule is CCCNC(=O)CSc1nnc(SCc2cc(Br)ccc2OC)s1. The number of hydrogen-bond acceptors (Lipinski definition) is 7. The molecule has 0 atom stereocenters. The van der Waals surface area contributed by atoms with Crippen molar-refractivity contribution in [3.63, 3.8) is 0 Å². The smallest absolute Gasteiger partial charge is 0.230 e. The van der Waals surface area contributed by atoms with Crippen molar-refractivity contribution in [1.82, 2.24) is 15.5 Å². The molecule has 0 aliphatic rings. The van der Waals surface area contributed by atoms with E-state index in [0.29, 0.717) is 12.3 Å². The molecule has 0 spiro atoms. The topological polar surface area (TPSA) is 64.1 Å². The maximum Gasteiger partial charge on any atom is 0.230 e. The lowest BCUT2D eigenvalue weighted by atomic mass is 10.2. The van der Waals surface area contributed by atoms with Gasteiger partial charge < -0.3 is 10.1 Å². The molecule has 1 amide bonds. The number of thioether (sulfide) groups is 2. The molecule has 0 aliphatic heterocycles. The third-order valence-corrected chi connectivity index (χ3v) is 6.61. The van der Waals surface area contributed by atoms with Crippen LogP contribution in [0.5, 0.6) is 5.75 Å². The predicted molar refractivity (Wildman–Crippen MR) is 104 cm³/mol. The predicted octanol–water partition coefficient (Wildman–Crippen LogP) is 4.22. The zero-order chi connectivity index (χ0) is 17.4. The van der Waals surface area contributed by atoms with E-state index in [1.54, 1.807) is 18.9 Å². The Bertz CT molecular complexity index is 682. The van der Waals surface area contributed by atoms with Crippen LogP contribution in [0.3, 0.4) is 0 Å². The van der Waals surface area contributed by atoms with E-state index < -0.39 is 0 Å². The molecule has 0 fully saturated rings. The van der Waals surface area contributed by atoms with Crippen LogP contribution in [-0.4, -0.2) is 35.5 Å². The summed E-state index contributed by atoms with van der Waals surface area (Å²) < 4.78 is 8.09. The van der Waals surface area contributed by atoms with E-state index in [2.05, 4.69) is 31.4 Å². The Morgan fingerprint density at radius 1 is 1.33 bits per heavy atom. The average molecular weight is 448 g/mol. The van der Waals surface area contributed by atoms with E-state index in [-0.39, 0.29) is 5.91 Å². The lowest BCUT2D eigenvalue weighted by Crippen LogP contribution is -2.25. The van der Waals surface area contributed by atoms with Gasteiger partial charge in [-0.15, -0.1) is 10.2 Å². The van der Waals surface area contributed by atoms with Crippen LogP contribution < -0.4 is 10.1 Å². The van der Waals surface area contributed by atoms with E-state index in [4.69, 9.17) is 4.74 Å². The zero-order valence-corrected chi connectivity index (χ0v) is 17.4. The largest absolute Gasteiger partial charge is 0.496 e. The van der Waals surface area contributed by atoms with Crippen LogP contribution in [0, 0.1) is 0 Å². The summed E-state index contributed by atoms with van der Waals surface area (Å²) in [5.74, 6) is 2.01. The van der Waals surface area contributed by atoms with Crippen molar-refractivity contribution in [3.8, 4) is 5.75 Å². The molecule has 1 N–H and O–H groups in total. The van der Waals surface area contributed by atoms with Crippen LogP contribution in [0.2, 0.25) is 0 Å². The number of halogens is 1. The Labute approximate surface area is 162 Å². The van der Waals surface area contributed by atoms with Crippen LogP contribution in [0.25, 0.3) is 0 Å². The highest BCUT2D eigenvalue weighted by Gasteiger charge is 2.10. The quantitative estimate of drug-likeness (QED) is 0.580. The van der Waals surface area contributed by atoms with Gasteiger partial charge in [0.15, 0.2) is 8.68 Å². The number of ether oxygens (including phenoxy) is 1. The molecule has 24 heavy (non-hydrogen) atoms. The van der Waals surface area contributed by atoms with Gasteiger partial charge in [-0.25, -0.2) is 0 Å². The number of amides is 1. The van der Waals surface area contributed by atoms with Crippen LogP contribution in [0.4, 0.5) is 0 Å². The first kappa shape index (κ1) is 19.6. The van der Waals surface area contributed by atoms with Gasteiger partial charge in [-0.05, 0) is 24.6 Å². The molecule has 5 nitrogen and oxygen atoms in total. The molecular formula is C15H18BrN3O2S3. The molecule has 2 rings (SSSR count). The summed E-state index contributed by atoms with van der Waals surface area (Å²) in [4.78, 5) is 11.6. The summed E-state index contributed by atoms with van der Waals surface area (Å²) in [7, 11) is 1.67. The Balaban J connectivity index is 1.86. The summed E-state index contributed by atoms with van der Waals surface area (Å²) in [6.07, 6.45) is 0.940.